The first-order valence-electron chi connectivity index (χ1n) is 19.6. The Morgan fingerprint density at radius 3 is 1.91 bits per heavy atom. The van der Waals surface area contributed by atoms with Crippen molar-refractivity contribution in [3.63, 3.8) is 0 Å². The monoisotopic (exact) mass is 783 g/mol. The standard InChI is InChI=1S/C48H53N3O7/c1-33(2)44(52)56-31-13-9-8-12-30-55-37-24-18-35(19-25-37)45(53)57-38-22-16-34(17-23-38)32-49-42-28-29-43(41-15-11-10-14-40(41)42)51-50-36-20-26-39(27-21-36)58-46(54)48(6,7)47(3,4)5/h10-11,14-29,49H,1,8-9,12-13,30-32H2,2-7H3/b51-50+. The van der Waals surface area contributed by atoms with Gasteiger partial charge in [0.2, 0.25) is 0 Å². The molecule has 0 atom stereocenters. The van der Waals surface area contributed by atoms with Gasteiger partial charge in [0, 0.05) is 28.6 Å². The maximum Gasteiger partial charge on any atom is 0.343 e. The lowest BCUT2D eigenvalue weighted by Gasteiger charge is -2.36. The number of benzene rings is 5. The first-order chi connectivity index (χ1) is 27.7. The highest BCUT2D eigenvalue weighted by atomic mass is 16.5. The summed E-state index contributed by atoms with van der Waals surface area (Å²) in [6.45, 7) is 16.6. The minimum absolute atomic E-state index is 0.251. The molecule has 58 heavy (non-hydrogen) atoms. The van der Waals surface area contributed by atoms with Gasteiger partial charge in [-0.2, -0.15) is 5.11 Å². The molecule has 5 rings (SSSR count). The van der Waals surface area contributed by atoms with Gasteiger partial charge in [0.1, 0.15) is 17.2 Å². The smallest absolute Gasteiger partial charge is 0.343 e. The van der Waals surface area contributed by atoms with Crippen LogP contribution in [0.2, 0.25) is 0 Å². The summed E-state index contributed by atoms with van der Waals surface area (Å²) in [6.07, 6.45) is 3.57. The Morgan fingerprint density at radius 2 is 1.26 bits per heavy atom. The van der Waals surface area contributed by atoms with E-state index in [0.29, 0.717) is 53.8 Å². The zero-order valence-corrected chi connectivity index (χ0v) is 34.3. The molecule has 1 N–H and O–H groups in total. The maximum atomic E-state index is 12.8. The summed E-state index contributed by atoms with van der Waals surface area (Å²) in [7, 11) is 0. The summed E-state index contributed by atoms with van der Waals surface area (Å²) >= 11 is 0. The van der Waals surface area contributed by atoms with Crippen molar-refractivity contribution in [3.05, 3.63) is 132 Å². The van der Waals surface area contributed by atoms with Gasteiger partial charge >= 0.3 is 17.9 Å². The number of hydrogen-bond donors (Lipinski definition) is 1. The molecule has 0 amide bonds. The summed E-state index contributed by atoms with van der Waals surface area (Å²) in [5, 5.41) is 14.5. The van der Waals surface area contributed by atoms with Gasteiger partial charge in [-0.15, -0.1) is 5.11 Å². The lowest BCUT2D eigenvalue weighted by atomic mass is 9.69. The van der Waals surface area contributed by atoms with E-state index in [0.717, 1.165) is 53.4 Å². The van der Waals surface area contributed by atoms with Gasteiger partial charge in [0.25, 0.3) is 0 Å². The van der Waals surface area contributed by atoms with E-state index in [2.05, 4.69) is 22.1 Å². The zero-order valence-electron chi connectivity index (χ0n) is 34.3. The molecule has 0 saturated carbocycles. The number of fused-ring (bicyclic) bond motifs is 1. The van der Waals surface area contributed by atoms with Crippen molar-refractivity contribution in [2.24, 2.45) is 21.1 Å². The third-order valence-electron chi connectivity index (χ3n) is 10.2. The van der Waals surface area contributed by atoms with Crippen LogP contribution in [0.3, 0.4) is 0 Å². The Balaban J connectivity index is 1.08. The van der Waals surface area contributed by atoms with Gasteiger partial charge in [-0.25, -0.2) is 9.59 Å². The zero-order chi connectivity index (χ0) is 41.7. The molecule has 0 unspecified atom stereocenters. The van der Waals surface area contributed by atoms with E-state index in [1.54, 1.807) is 67.6 Å². The highest BCUT2D eigenvalue weighted by Crippen LogP contribution is 2.39. The number of anilines is 1. The van der Waals surface area contributed by atoms with Crippen molar-refractivity contribution in [1.29, 1.82) is 0 Å². The van der Waals surface area contributed by atoms with E-state index in [1.165, 1.54) is 0 Å². The summed E-state index contributed by atoms with van der Waals surface area (Å²) in [4.78, 5) is 37.1. The number of esters is 3. The quantitative estimate of drug-likeness (QED) is 0.0306. The second-order valence-corrected chi connectivity index (χ2v) is 15.7. The molecular weight excluding hydrogens is 731 g/mol. The van der Waals surface area contributed by atoms with E-state index >= 15 is 0 Å². The van der Waals surface area contributed by atoms with E-state index in [1.807, 2.05) is 83.1 Å². The van der Waals surface area contributed by atoms with Crippen LogP contribution < -0.4 is 19.5 Å². The van der Waals surface area contributed by atoms with Crippen LogP contribution in [-0.2, 0) is 20.9 Å². The van der Waals surface area contributed by atoms with Gasteiger partial charge in [0.05, 0.1) is 35.6 Å². The lowest BCUT2D eigenvalue weighted by Crippen LogP contribution is -2.40. The number of carbonyl (C=O) groups is 3. The normalized spacial score (nSPS) is 11.6. The molecule has 0 aromatic heterocycles. The Hall–Kier alpha value is -6.29. The van der Waals surface area contributed by atoms with Crippen LogP contribution >= 0.6 is 0 Å². The first kappa shape index (κ1) is 42.8. The number of azo groups is 1. The average Bonchev–Trinajstić information content (AvgIpc) is 3.21. The summed E-state index contributed by atoms with van der Waals surface area (Å²) in [5.74, 6) is 0.507. The number of rotatable bonds is 18. The number of nitrogens with one attached hydrogen (secondary N) is 1. The van der Waals surface area contributed by atoms with Crippen molar-refractivity contribution < 1.29 is 33.3 Å². The van der Waals surface area contributed by atoms with Crippen LogP contribution in [0.1, 0.15) is 83.1 Å². The molecule has 10 nitrogen and oxygen atoms in total. The van der Waals surface area contributed by atoms with E-state index in [4.69, 9.17) is 18.9 Å². The summed E-state index contributed by atoms with van der Waals surface area (Å²) < 4.78 is 22.2. The highest BCUT2D eigenvalue weighted by molar-refractivity contribution is 6.00. The fourth-order valence-electron chi connectivity index (χ4n) is 5.52. The fraction of sp³-hybridized carbons (Fsp3) is 0.312. The molecule has 0 spiro atoms. The lowest BCUT2D eigenvalue weighted by molar-refractivity contribution is -0.150. The summed E-state index contributed by atoms with van der Waals surface area (Å²) in [5.41, 5.74) is 3.24. The molecule has 0 aliphatic heterocycles. The topological polar surface area (TPSA) is 125 Å². The van der Waals surface area contributed by atoms with Crippen LogP contribution in [0.15, 0.2) is 132 Å². The second kappa shape index (κ2) is 19.7. The van der Waals surface area contributed by atoms with Gasteiger partial charge in [-0.1, -0.05) is 63.7 Å². The first-order valence-corrected chi connectivity index (χ1v) is 19.6. The van der Waals surface area contributed by atoms with Crippen molar-refractivity contribution in [1.82, 2.24) is 0 Å². The Labute approximate surface area is 341 Å². The van der Waals surface area contributed by atoms with Crippen LogP contribution in [0.4, 0.5) is 17.1 Å². The number of unbranched alkanes of at least 4 members (excludes halogenated alkanes) is 3. The largest absolute Gasteiger partial charge is 0.494 e. The molecular formula is C48H53N3O7. The molecule has 0 radical (unpaired) electrons. The predicted octanol–water partition coefficient (Wildman–Crippen LogP) is 12.1. The summed E-state index contributed by atoms with van der Waals surface area (Å²) in [6, 6.07) is 33.2. The fourth-order valence-corrected chi connectivity index (χ4v) is 5.52. The third kappa shape index (κ3) is 11.9. The van der Waals surface area contributed by atoms with Crippen molar-refractivity contribution in [2.45, 2.75) is 73.8 Å². The molecule has 0 bridgehead atoms. The molecule has 0 aliphatic carbocycles. The molecule has 5 aromatic rings. The highest BCUT2D eigenvalue weighted by Gasteiger charge is 2.41. The Bertz CT molecular complexity index is 2220. The number of nitrogens with zero attached hydrogens (tertiary/aromatic N) is 2. The van der Waals surface area contributed by atoms with Crippen molar-refractivity contribution >= 4 is 45.7 Å². The van der Waals surface area contributed by atoms with Gasteiger partial charge in [-0.05, 0) is 130 Å². The van der Waals surface area contributed by atoms with Crippen LogP contribution in [0.25, 0.3) is 10.8 Å². The Morgan fingerprint density at radius 1 is 0.655 bits per heavy atom. The molecule has 0 aliphatic rings. The Kier molecular flexibility index (Phi) is 14.6. The minimum atomic E-state index is -0.655. The average molecular weight is 784 g/mol. The molecule has 10 heteroatoms. The van der Waals surface area contributed by atoms with Gasteiger partial charge < -0.3 is 24.3 Å². The van der Waals surface area contributed by atoms with Gasteiger partial charge in [-0.3, -0.25) is 4.79 Å². The second-order valence-electron chi connectivity index (χ2n) is 15.7. The maximum absolute atomic E-state index is 12.8. The predicted molar refractivity (Wildman–Crippen MR) is 228 cm³/mol. The molecule has 0 heterocycles. The molecule has 302 valence electrons. The van der Waals surface area contributed by atoms with Crippen molar-refractivity contribution in [3.8, 4) is 17.2 Å². The number of carbonyl (C=O) groups excluding carboxylic acids is 3. The molecule has 0 fully saturated rings. The molecule has 5 aromatic carbocycles. The SMILES string of the molecule is C=C(C)C(=O)OCCCCCCOc1ccc(C(=O)Oc2ccc(CNc3ccc(/N=N/c4ccc(OC(=O)C(C)(C)C(C)(C)C)cc4)c4ccccc34)cc2)cc1. The van der Waals surface area contributed by atoms with Crippen LogP contribution in [0, 0.1) is 10.8 Å². The van der Waals surface area contributed by atoms with Crippen LogP contribution in [-0.4, -0.2) is 31.1 Å². The number of ether oxygens (including phenoxy) is 4. The van der Waals surface area contributed by atoms with Crippen LogP contribution in [0.5, 0.6) is 17.2 Å². The minimum Gasteiger partial charge on any atom is -0.494 e. The van der Waals surface area contributed by atoms with E-state index < -0.39 is 11.4 Å². The van der Waals surface area contributed by atoms with E-state index in [-0.39, 0.29) is 17.4 Å². The molecule has 0 saturated heterocycles. The van der Waals surface area contributed by atoms with Gasteiger partial charge in [0.15, 0.2) is 0 Å². The van der Waals surface area contributed by atoms with Crippen molar-refractivity contribution in [2.75, 3.05) is 18.5 Å². The number of hydrogen-bond acceptors (Lipinski definition) is 10. The third-order valence-corrected chi connectivity index (χ3v) is 10.2. The van der Waals surface area contributed by atoms with E-state index in [9.17, 15) is 14.4 Å².